The third-order valence-electron chi connectivity index (χ3n) is 1.96. The number of rotatable bonds is 3. The minimum absolute atomic E-state index is 0.182. The Balaban J connectivity index is 2.68. The van der Waals surface area contributed by atoms with Crippen molar-refractivity contribution in [3.63, 3.8) is 0 Å². The third-order valence-corrected chi connectivity index (χ3v) is 2.92. The maximum absolute atomic E-state index is 11.3. The number of nitrogens with zero attached hydrogens (tertiary/aromatic N) is 1. The minimum Gasteiger partial charge on any atom is -0.316 e. The Morgan fingerprint density at radius 3 is 2.92 bits per heavy atom. The highest BCUT2D eigenvalue weighted by Gasteiger charge is 2.31. The van der Waals surface area contributed by atoms with Crippen molar-refractivity contribution >= 4 is 17.7 Å². The van der Waals surface area contributed by atoms with E-state index in [1.54, 1.807) is 22.1 Å². The van der Waals surface area contributed by atoms with Crippen LogP contribution >= 0.6 is 11.8 Å². The van der Waals surface area contributed by atoms with Gasteiger partial charge >= 0.3 is 0 Å². The molecule has 1 fully saturated rings. The van der Waals surface area contributed by atoms with Crippen LogP contribution in [0.3, 0.4) is 0 Å². The summed E-state index contributed by atoms with van der Waals surface area (Å²) in [5, 5.41) is 1.98. The van der Waals surface area contributed by atoms with Gasteiger partial charge in [0, 0.05) is 18.7 Å². The lowest BCUT2D eigenvalue weighted by Gasteiger charge is -2.15. The number of hydrogen-bond acceptors (Lipinski definition) is 2. The summed E-state index contributed by atoms with van der Waals surface area (Å²) in [6.45, 7) is 10.2. The first kappa shape index (κ1) is 9.39. The van der Waals surface area contributed by atoms with Gasteiger partial charge in [-0.1, -0.05) is 13.2 Å². The Bertz CT molecular complexity index is 225. The van der Waals surface area contributed by atoms with Crippen LogP contribution in [0.2, 0.25) is 0 Å². The Hall–Kier alpha value is -0.700. The fraction of sp³-hybridized carbons (Fsp3) is 0.444. The lowest BCUT2D eigenvalue weighted by Crippen LogP contribution is -2.22. The first-order valence-electron chi connectivity index (χ1n) is 3.96. The molecule has 3 heteroatoms. The number of hydrogen-bond donors (Lipinski definition) is 0. The average Bonchev–Trinajstić information content (AvgIpc) is 2.29. The van der Waals surface area contributed by atoms with E-state index >= 15 is 0 Å². The molecule has 1 rings (SSSR count). The largest absolute Gasteiger partial charge is 0.316 e. The molecule has 0 aromatic rings. The van der Waals surface area contributed by atoms with Crippen LogP contribution in [-0.2, 0) is 4.79 Å². The van der Waals surface area contributed by atoms with Crippen molar-refractivity contribution in [2.75, 3.05) is 6.54 Å². The van der Waals surface area contributed by atoms with Gasteiger partial charge in [-0.2, -0.15) is 0 Å². The fourth-order valence-corrected chi connectivity index (χ4v) is 2.10. The van der Waals surface area contributed by atoms with Gasteiger partial charge in [0.05, 0.1) is 5.25 Å². The van der Waals surface area contributed by atoms with Gasteiger partial charge in [0.1, 0.15) is 0 Å². The third kappa shape index (κ3) is 1.55. The Morgan fingerprint density at radius 1 is 1.83 bits per heavy atom. The Kier molecular flexibility index (Phi) is 2.98. The first-order chi connectivity index (χ1) is 5.70. The monoisotopic (exact) mass is 183 g/mol. The maximum Gasteiger partial charge on any atom is 0.228 e. The van der Waals surface area contributed by atoms with Crippen molar-refractivity contribution in [2.45, 2.75) is 18.6 Å². The van der Waals surface area contributed by atoms with Gasteiger partial charge in [-0.15, -0.1) is 11.8 Å². The van der Waals surface area contributed by atoms with E-state index in [0.29, 0.717) is 6.42 Å². The second kappa shape index (κ2) is 3.81. The summed E-state index contributed by atoms with van der Waals surface area (Å²) in [7, 11) is 0. The van der Waals surface area contributed by atoms with Gasteiger partial charge in [0.25, 0.3) is 0 Å². The van der Waals surface area contributed by atoms with Crippen molar-refractivity contribution in [3.05, 3.63) is 24.3 Å². The van der Waals surface area contributed by atoms with Crippen molar-refractivity contribution in [3.8, 4) is 0 Å². The van der Waals surface area contributed by atoms with E-state index in [-0.39, 0.29) is 11.2 Å². The summed E-state index contributed by atoms with van der Waals surface area (Å²) in [5.41, 5.74) is 0.924. The van der Waals surface area contributed by atoms with E-state index in [0.717, 1.165) is 12.2 Å². The van der Waals surface area contributed by atoms with Crippen LogP contribution in [0.15, 0.2) is 24.3 Å². The average molecular weight is 183 g/mol. The van der Waals surface area contributed by atoms with E-state index in [1.807, 2.05) is 6.92 Å². The van der Waals surface area contributed by atoms with Gasteiger partial charge in [-0.05, 0) is 12.3 Å². The molecule has 1 unspecified atom stereocenters. The molecular formula is C9H13NOS. The number of carbonyl (C=O) groups is 1. The van der Waals surface area contributed by atoms with Gasteiger partial charge in [-0.25, -0.2) is 0 Å². The van der Waals surface area contributed by atoms with Crippen LogP contribution in [-0.4, -0.2) is 22.6 Å². The second-order valence-corrected chi connectivity index (χ2v) is 3.80. The summed E-state index contributed by atoms with van der Waals surface area (Å²) in [6, 6.07) is 0. The predicted octanol–water partition coefficient (Wildman–Crippen LogP) is 2.00. The molecule has 0 saturated carbocycles. The highest BCUT2D eigenvalue weighted by molar-refractivity contribution is 8.02. The standard InChI is InChI=1S/C9H13NOS/c1-4-10-7(3)8(12-5-2)6-9(10)11/h5,8H,2-4,6H2,1H3. The molecular weight excluding hydrogens is 170 g/mol. The summed E-state index contributed by atoms with van der Waals surface area (Å²) < 4.78 is 0. The molecule has 2 nitrogen and oxygen atoms in total. The van der Waals surface area contributed by atoms with E-state index in [2.05, 4.69) is 13.2 Å². The van der Waals surface area contributed by atoms with Crippen molar-refractivity contribution in [1.82, 2.24) is 4.90 Å². The fourth-order valence-electron chi connectivity index (χ4n) is 1.34. The molecule has 0 spiro atoms. The summed E-state index contributed by atoms with van der Waals surface area (Å²) in [6.07, 6.45) is 0.573. The first-order valence-corrected chi connectivity index (χ1v) is 4.90. The van der Waals surface area contributed by atoms with Crippen molar-refractivity contribution < 1.29 is 4.79 Å². The molecule has 1 aliphatic rings. The van der Waals surface area contributed by atoms with Crippen LogP contribution in [0.25, 0.3) is 0 Å². The quantitative estimate of drug-likeness (QED) is 0.667. The lowest BCUT2D eigenvalue weighted by molar-refractivity contribution is -0.126. The summed E-state index contributed by atoms with van der Waals surface area (Å²) >= 11 is 1.57. The molecule has 1 heterocycles. The minimum atomic E-state index is 0.182. The van der Waals surface area contributed by atoms with Crippen molar-refractivity contribution in [1.29, 1.82) is 0 Å². The molecule has 1 amide bonds. The predicted molar refractivity (Wildman–Crippen MR) is 52.7 cm³/mol. The van der Waals surface area contributed by atoms with E-state index < -0.39 is 0 Å². The summed E-state index contributed by atoms with van der Waals surface area (Å²) in [5.74, 6) is 0.182. The Morgan fingerprint density at radius 2 is 2.50 bits per heavy atom. The normalized spacial score (nSPS) is 23.4. The van der Waals surface area contributed by atoms with Gasteiger partial charge in [0.15, 0.2) is 0 Å². The molecule has 0 bridgehead atoms. The molecule has 1 atom stereocenters. The van der Waals surface area contributed by atoms with E-state index in [4.69, 9.17) is 0 Å². The molecule has 0 aromatic heterocycles. The van der Waals surface area contributed by atoms with E-state index in [1.165, 1.54) is 0 Å². The number of carbonyl (C=O) groups excluding carboxylic acids is 1. The highest BCUT2D eigenvalue weighted by atomic mass is 32.2. The topological polar surface area (TPSA) is 20.3 Å². The maximum atomic E-state index is 11.3. The molecule has 0 radical (unpaired) electrons. The SMILES string of the molecule is C=CSC1CC(=O)N(CC)C1=C. The van der Waals surface area contributed by atoms with Crippen LogP contribution in [0.5, 0.6) is 0 Å². The smallest absolute Gasteiger partial charge is 0.228 e. The molecule has 12 heavy (non-hydrogen) atoms. The zero-order valence-corrected chi connectivity index (χ0v) is 8.06. The molecule has 1 saturated heterocycles. The number of amides is 1. The zero-order chi connectivity index (χ0) is 9.14. The molecule has 0 N–H and O–H groups in total. The molecule has 0 aliphatic carbocycles. The van der Waals surface area contributed by atoms with Crippen LogP contribution < -0.4 is 0 Å². The number of thioether (sulfide) groups is 1. The Labute approximate surface area is 77.3 Å². The lowest BCUT2D eigenvalue weighted by atomic mass is 10.3. The molecule has 1 aliphatic heterocycles. The van der Waals surface area contributed by atoms with Crippen LogP contribution in [0.1, 0.15) is 13.3 Å². The van der Waals surface area contributed by atoms with Gasteiger partial charge in [-0.3, -0.25) is 4.79 Å². The second-order valence-electron chi connectivity index (χ2n) is 2.62. The molecule has 66 valence electrons. The van der Waals surface area contributed by atoms with Gasteiger partial charge < -0.3 is 4.90 Å². The van der Waals surface area contributed by atoms with E-state index in [9.17, 15) is 4.79 Å². The number of likely N-dealkylation sites (tertiary alicyclic amines) is 1. The van der Waals surface area contributed by atoms with Crippen molar-refractivity contribution in [2.24, 2.45) is 0 Å². The van der Waals surface area contributed by atoms with Gasteiger partial charge in [0.2, 0.25) is 5.91 Å². The summed E-state index contributed by atoms with van der Waals surface area (Å²) in [4.78, 5) is 13.1. The van der Waals surface area contributed by atoms with Crippen LogP contribution in [0, 0.1) is 0 Å². The highest BCUT2D eigenvalue weighted by Crippen LogP contribution is 2.31. The molecule has 0 aromatic carbocycles. The van der Waals surface area contributed by atoms with Crippen LogP contribution in [0.4, 0.5) is 0 Å². The zero-order valence-electron chi connectivity index (χ0n) is 7.25.